The Morgan fingerprint density at radius 1 is 1.32 bits per heavy atom. The first-order chi connectivity index (χ1) is 8.73. The van der Waals surface area contributed by atoms with Crippen molar-refractivity contribution in [2.75, 3.05) is 12.3 Å². The number of thiocarbonyl (C=S) groups is 1. The lowest BCUT2D eigenvalue weighted by molar-refractivity contribution is 0.501. The van der Waals surface area contributed by atoms with Crippen molar-refractivity contribution in [3.8, 4) is 0 Å². The summed E-state index contributed by atoms with van der Waals surface area (Å²) in [6.45, 7) is 3.85. The zero-order valence-corrected chi connectivity index (χ0v) is 12.9. The summed E-state index contributed by atoms with van der Waals surface area (Å²) < 4.78 is 26.3. The molecule has 19 heavy (non-hydrogen) atoms. The maximum atomic E-state index is 11.9. The first-order valence-corrected chi connectivity index (χ1v) is 8.10. The molecule has 0 aliphatic heterocycles. The molecule has 0 saturated heterocycles. The minimum atomic E-state index is -3.31. The van der Waals surface area contributed by atoms with Gasteiger partial charge in [0.05, 0.1) is 10.7 Å². The van der Waals surface area contributed by atoms with Gasteiger partial charge in [0.2, 0.25) is 10.0 Å². The Labute approximate surface area is 120 Å². The van der Waals surface area contributed by atoms with E-state index in [0.717, 1.165) is 5.56 Å². The van der Waals surface area contributed by atoms with Crippen molar-refractivity contribution in [2.45, 2.75) is 20.3 Å². The number of hydrogen-bond acceptors (Lipinski definition) is 3. The monoisotopic (exact) mass is 300 g/mol. The average Bonchev–Trinajstić information content (AvgIpc) is 2.36. The molecule has 0 aliphatic rings. The minimum absolute atomic E-state index is 0.0599. The van der Waals surface area contributed by atoms with Gasteiger partial charge < -0.3 is 5.73 Å². The lowest BCUT2D eigenvalue weighted by atomic mass is 9.94. The zero-order valence-electron chi connectivity index (χ0n) is 11.2. The Hall–Kier alpha value is -0.980. The maximum Gasteiger partial charge on any atom is 0.211 e. The molecule has 1 rings (SSSR count). The summed E-state index contributed by atoms with van der Waals surface area (Å²) >= 11 is 4.90. The van der Waals surface area contributed by atoms with Crippen molar-refractivity contribution >= 4 is 27.2 Å². The maximum absolute atomic E-state index is 11.9. The Bertz CT molecular complexity index is 525. The SMILES string of the molecule is CC(C)(CNS(=O)(=O)CCc1ccccc1)C(N)=S. The van der Waals surface area contributed by atoms with E-state index in [4.69, 9.17) is 18.0 Å². The number of benzene rings is 1. The van der Waals surface area contributed by atoms with Gasteiger partial charge in [0.25, 0.3) is 0 Å². The third-order valence-electron chi connectivity index (χ3n) is 2.90. The molecular weight excluding hydrogens is 280 g/mol. The van der Waals surface area contributed by atoms with Gasteiger partial charge in [0.15, 0.2) is 0 Å². The molecule has 6 heteroatoms. The summed E-state index contributed by atoms with van der Waals surface area (Å²) in [7, 11) is -3.31. The molecule has 0 heterocycles. The van der Waals surface area contributed by atoms with E-state index < -0.39 is 15.4 Å². The highest BCUT2D eigenvalue weighted by atomic mass is 32.2. The van der Waals surface area contributed by atoms with E-state index in [1.165, 1.54) is 0 Å². The Kier molecular flexibility index (Phi) is 5.46. The Balaban J connectivity index is 2.51. The zero-order chi connectivity index (χ0) is 14.5. The summed E-state index contributed by atoms with van der Waals surface area (Å²) in [5.41, 5.74) is 6.04. The first kappa shape index (κ1) is 16.1. The molecule has 4 nitrogen and oxygen atoms in total. The Morgan fingerprint density at radius 2 is 1.89 bits per heavy atom. The van der Waals surface area contributed by atoms with Crippen LogP contribution in [0.5, 0.6) is 0 Å². The topological polar surface area (TPSA) is 72.2 Å². The summed E-state index contributed by atoms with van der Waals surface area (Å²) in [6.07, 6.45) is 0.490. The second kappa shape index (κ2) is 6.45. The predicted octanol–water partition coefficient (Wildman–Crippen LogP) is 1.46. The lowest BCUT2D eigenvalue weighted by Crippen LogP contribution is -2.42. The molecule has 0 saturated carbocycles. The fourth-order valence-corrected chi connectivity index (χ4v) is 2.65. The van der Waals surface area contributed by atoms with Crippen LogP contribution in [-0.4, -0.2) is 25.7 Å². The van der Waals surface area contributed by atoms with Gasteiger partial charge in [0.1, 0.15) is 0 Å². The van der Waals surface area contributed by atoms with Crippen molar-refractivity contribution in [1.82, 2.24) is 4.72 Å². The van der Waals surface area contributed by atoms with Crippen LogP contribution >= 0.6 is 12.2 Å². The minimum Gasteiger partial charge on any atom is -0.393 e. The number of rotatable bonds is 7. The van der Waals surface area contributed by atoms with Gasteiger partial charge >= 0.3 is 0 Å². The van der Waals surface area contributed by atoms with Gasteiger partial charge in [-0.15, -0.1) is 0 Å². The van der Waals surface area contributed by atoms with Crippen molar-refractivity contribution < 1.29 is 8.42 Å². The number of nitrogens with two attached hydrogens (primary N) is 1. The molecule has 106 valence electrons. The normalized spacial score (nSPS) is 12.3. The van der Waals surface area contributed by atoms with Crippen molar-refractivity contribution in [1.29, 1.82) is 0 Å². The van der Waals surface area contributed by atoms with Crippen LogP contribution in [0.4, 0.5) is 0 Å². The molecule has 0 unspecified atom stereocenters. The summed E-state index contributed by atoms with van der Waals surface area (Å²) in [6, 6.07) is 9.51. The third kappa shape index (κ3) is 5.67. The summed E-state index contributed by atoms with van der Waals surface area (Å²) in [4.78, 5) is 0.304. The lowest BCUT2D eigenvalue weighted by Gasteiger charge is -2.23. The third-order valence-corrected chi connectivity index (χ3v) is 4.78. The molecule has 0 bridgehead atoms. The second-order valence-electron chi connectivity index (χ2n) is 5.12. The molecule has 0 spiro atoms. The molecule has 1 aromatic carbocycles. The van der Waals surface area contributed by atoms with E-state index in [0.29, 0.717) is 11.4 Å². The van der Waals surface area contributed by atoms with E-state index in [1.54, 1.807) is 0 Å². The van der Waals surface area contributed by atoms with Crippen LogP contribution in [-0.2, 0) is 16.4 Å². The van der Waals surface area contributed by atoms with Crippen LogP contribution in [0, 0.1) is 5.41 Å². The molecule has 0 amide bonds. The van der Waals surface area contributed by atoms with Crippen molar-refractivity contribution in [2.24, 2.45) is 11.1 Å². The highest BCUT2D eigenvalue weighted by Gasteiger charge is 2.23. The fourth-order valence-electron chi connectivity index (χ4n) is 1.35. The number of aryl methyl sites for hydroxylation is 1. The van der Waals surface area contributed by atoms with Crippen LogP contribution in [0.25, 0.3) is 0 Å². The highest BCUT2D eigenvalue weighted by Crippen LogP contribution is 2.14. The van der Waals surface area contributed by atoms with Gasteiger partial charge in [0, 0.05) is 12.0 Å². The van der Waals surface area contributed by atoms with E-state index in [9.17, 15) is 8.42 Å². The molecule has 0 radical (unpaired) electrons. The number of nitrogens with one attached hydrogen (secondary N) is 1. The van der Waals surface area contributed by atoms with E-state index in [2.05, 4.69) is 4.72 Å². The van der Waals surface area contributed by atoms with Crippen LogP contribution in [0.2, 0.25) is 0 Å². The number of sulfonamides is 1. The smallest absolute Gasteiger partial charge is 0.211 e. The van der Waals surface area contributed by atoms with E-state index in [-0.39, 0.29) is 12.3 Å². The largest absolute Gasteiger partial charge is 0.393 e. The Morgan fingerprint density at radius 3 is 2.42 bits per heavy atom. The molecule has 0 aromatic heterocycles. The molecule has 1 aromatic rings. The van der Waals surface area contributed by atoms with Gasteiger partial charge in [-0.2, -0.15) is 0 Å². The summed E-state index contributed by atoms with van der Waals surface area (Å²) in [5.74, 6) is 0.0599. The van der Waals surface area contributed by atoms with Gasteiger partial charge in [-0.3, -0.25) is 0 Å². The van der Waals surface area contributed by atoms with Crippen molar-refractivity contribution in [3.05, 3.63) is 35.9 Å². The molecule has 0 atom stereocenters. The van der Waals surface area contributed by atoms with Crippen molar-refractivity contribution in [3.63, 3.8) is 0 Å². The standard InChI is InChI=1S/C13H20N2O2S2/c1-13(2,12(14)18)10-15-19(16,17)9-8-11-6-4-3-5-7-11/h3-7,15H,8-10H2,1-2H3,(H2,14,18). The molecular formula is C13H20N2O2S2. The molecule has 3 N–H and O–H groups in total. The average molecular weight is 300 g/mol. The molecule has 0 fully saturated rings. The quantitative estimate of drug-likeness (QED) is 0.748. The predicted molar refractivity (Wildman–Crippen MR) is 82.5 cm³/mol. The summed E-state index contributed by atoms with van der Waals surface area (Å²) in [5, 5.41) is 0. The van der Waals surface area contributed by atoms with E-state index in [1.807, 2.05) is 44.2 Å². The fraction of sp³-hybridized carbons (Fsp3) is 0.462. The molecule has 0 aliphatic carbocycles. The second-order valence-corrected chi connectivity index (χ2v) is 7.49. The van der Waals surface area contributed by atoms with E-state index >= 15 is 0 Å². The van der Waals surface area contributed by atoms with Gasteiger partial charge in [-0.1, -0.05) is 56.4 Å². The highest BCUT2D eigenvalue weighted by molar-refractivity contribution is 7.89. The number of hydrogen-bond donors (Lipinski definition) is 2. The van der Waals surface area contributed by atoms with Crippen LogP contribution < -0.4 is 10.5 Å². The van der Waals surface area contributed by atoms with Crippen LogP contribution in [0.3, 0.4) is 0 Å². The first-order valence-electron chi connectivity index (χ1n) is 6.04. The van der Waals surface area contributed by atoms with Gasteiger partial charge in [-0.05, 0) is 12.0 Å². The van der Waals surface area contributed by atoms with Gasteiger partial charge in [-0.25, -0.2) is 13.1 Å². The van der Waals surface area contributed by atoms with Crippen LogP contribution in [0.1, 0.15) is 19.4 Å². The van der Waals surface area contributed by atoms with Crippen LogP contribution in [0.15, 0.2) is 30.3 Å².